The Labute approximate surface area is 126 Å². The van der Waals surface area contributed by atoms with Crippen molar-refractivity contribution in [2.24, 2.45) is 11.3 Å². The number of aliphatic hydroxyl groups excluding tert-OH is 1. The average Bonchev–Trinajstić information content (AvgIpc) is 2.87. The monoisotopic (exact) mass is 297 g/mol. The Morgan fingerprint density at radius 2 is 2.00 bits per heavy atom. The number of morpholine rings is 1. The predicted molar refractivity (Wildman–Crippen MR) is 79.0 cm³/mol. The molecule has 3 aliphatic rings. The van der Waals surface area contributed by atoms with Crippen LogP contribution in [0.2, 0.25) is 0 Å². The maximum absolute atomic E-state index is 12.5. The number of amides is 1. The van der Waals surface area contributed by atoms with Gasteiger partial charge in [0, 0.05) is 38.7 Å². The molecule has 3 heterocycles. The smallest absolute Gasteiger partial charge is 0.236 e. The molecule has 3 rings (SSSR count). The first-order valence-electron chi connectivity index (χ1n) is 8.13. The van der Waals surface area contributed by atoms with Crippen molar-refractivity contribution in [2.75, 3.05) is 65.6 Å². The molecular formula is C15H27N3O3. The van der Waals surface area contributed by atoms with Crippen LogP contribution >= 0.6 is 0 Å². The van der Waals surface area contributed by atoms with Crippen LogP contribution in [-0.2, 0) is 9.53 Å². The molecule has 0 bridgehead atoms. The van der Waals surface area contributed by atoms with E-state index in [1.165, 1.54) is 0 Å². The van der Waals surface area contributed by atoms with Gasteiger partial charge in [0.2, 0.25) is 5.91 Å². The van der Waals surface area contributed by atoms with Crippen LogP contribution < -0.4 is 5.32 Å². The minimum Gasteiger partial charge on any atom is -0.396 e. The molecule has 0 aromatic carbocycles. The Morgan fingerprint density at radius 3 is 2.67 bits per heavy atom. The van der Waals surface area contributed by atoms with Crippen LogP contribution in [0.3, 0.4) is 0 Å². The van der Waals surface area contributed by atoms with Crippen LogP contribution in [0.5, 0.6) is 0 Å². The van der Waals surface area contributed by atoms with Gasteiger partial charge in [0.25, 0.3) is 0 Å². The molecule has 1 spiro atoms. The summed E-state index contributed by atoms with van der Waals surface area (Å²) in [6, 6.07) is 0. The third-order valence-corrected chi connectivity index (χ3v) is 5.45. The lowest BCUT2D eigenvalue weighted by atomic mass is 9.71. The van der Waals surface area contributed by atoms with E-state index in [1.54, 1.807) is 0 Å². The second kappa shape index (κ2) is 6.60. The standard InChI is InChI=1S/C15H27N3O3/c19-11-13-9-18(12-15(13)1-3-16-4-2-15)14(20)10-17-5-7-21-8-6-17/h13,16,19H,1-12H2. The Balaban J connectivity index is 1.59. The maximum Gasteiger partial charge on any atom is 0.236 e. The van der Waals surface area contributed by atoms with Crippen molar-refractivity contribution in [3.05, 3.63) is 0 Å². The van der Waals surface area contributed by atoms with Gasteiger partial charge in [0.1, 0.15) is 0 Å². The molecule has 0 radical (unpaired) electrons. The highest BCUT2D eigenvalue weighted by atomic mass is 16.5. The summed E-state index contributed by atoms with van der Waals surface area (Å²) in [7, 11) is 0. The third kappa shape index (κ3) is 3.23. The Morgan fingerprint density at radius 1 is 1.29 bits per heavy atom. The number of hydrogen-bond donors (Lipinski definition) is 2. The zero-order chi connectivity index (χ0) is 14.7. The molecule has 0 saturated carbocycles. The molecule has 0 aromatic rings. The number of piperidine rings is 1. The molecule has 1 amide bonds. The number of ether oxygens (including phenoxy) is 1. The van der Waals surface area contributed by atoms with E-state index in [9.17, 15) is 9.90 Å². The molecular weight excluding hydrogens is 270 g/mol. The molecule has 21 heavy (non-hydrogen) atoms. The first-order chi connectivity index (χ1) is 10.2. The van der Waals surface area contributed by atoms with Crippen LogP contribution in [-0.4, -0.2) is 86.4 Å². The van der Waals surface area contributed by atoms with E-state index in [4.69, 9.17) is 4.74 Å². The summed E-state index contributed by atoms with van der Waals surface area (Å²) >= 11 is 0. The fourth-order valence-electron chi connectivity index (χ4n) is 4.02. The van der Waals surface area contributed by atoms with E-state index < -0.39 is 0 Å². The Hall–Kier alpha value is -0.690. The molecule has 1 atom stereocenters. The summed E-state index contributed by atoms with van der Waals surface area (Å²) in [5.41, 5.74) is 0.140. The van der Waals surface area contributed by atoms with Gasteiger partial charge in [-0.2, -0.15) is 0 Å². The largest absolute Gasteiger partial charge is 0.396 e. The number of nitrogens with one attached hydrogen (secondary N) is 1. The summed E-state index contributed by atoms with van der Waals surface area (Å²) < 4.78 is 5.32. The Bertz CT molecular complexity index is 365. The molecule has 120 valence electrons. The number of hydrogen-bond acceptors (Lipinski definition) is 5. The van der Waals surface area contributed by atoms with Crippen LogP contribution in [0.1, 0.15) is 12.8 Å². The number of nitrogens with zero attached hydrogens (tertiary/aromatic N) is 2. The van der Waals surface area contributed by atoms with Crippen molar-refractivity contribution >= 4 is 5.91 Å². The molecule has 6 nitrogen and oxygen atoms in total. The second-order valence-corrected chi connectivity index (χ2v) is 6.65. The maximum atomic E-state index is 12.5. The predicted octanol–water partition coefficient (Wildman–Crippen LogP) is -0.861. The van der Waals surface area contributed by atoms with E-state index in [0.29, 0.717) is 6.54 Å². The minimum absolute atomic E-state index is 0.140. The summed E-state index contributed by atoms with van der Waals surface area (Å²) in [5.74, 6) is 0.457. The van der Waals surface area contributed by atoms with Crippen LogP contribution in [0.15, 0.2) is 0 Å². The van der Waals surface area contributed by atoms with Gasteiger partial charge in [-0.25, -0.2) is 0 Å². The number of rotatable bonds is 3. The van der Waals surface area contributed by atoms with Crippen molar-refractivity contribution in [2.45, 2.75) is 12.8 Å². The van der Waals surface area contributed by atoms with E-state index in [2.05, 4.69) is 10.2 Å². The third-order valence-electron chi connectivity index (χ3n) is 5.45. The highest BCUT2D eigenvalue weighted by molar-refractivity contribution is 5.78. The molecule has 3 fully saturated rings. The van der Waals surface area contributed by atoms with E-state index in [1.807, 2.05) is 4.90 Å². The summed E-state index contributed by atoms with van der Waals surface area (Å²) in [5, 5.41) is 13.1. The van der Waals surface area contributed by atoms with Crippen molar-refractivity contribution < 1.29 is 14.6 Å². The molecule has 3 aliphatic heterocycles. The molecule has 0 aliphatic carbocycles. The van der Waals surface area contributed by atoms with Gasteiger partial charge in [-0.15, -0.1) is 0 Å². The summed E-state index contributed by atoms with van der Waals surface area (Å²) in [6.45, 7) is 7.38. The Kier molecular flexibility index (Phi) is 4.78. The fourth-order valence-corrected chi connectivity index (χ4v) is 4.02. The van der Waals surface area contributed by atoms with Crippen LogP contribution in [0.4, 0.5) is 0 Å². The summed E-state index contributed by atoms with van der Waals surface area (Å²) in [4.78, 5) is 16.7. The molecule has 2 N–H and O–H groups in total. The van der Waals surface area contributed by atoms with Gasteiger partial charge in [-0.05, 0) is 31.3 Å². The normalized spacial score (nSPS) is 30.0. The molecule has 0 aromatic heterocycles. The van der Waals surface area contributed by atoms with Crippen molar-refractivity contribution in [3.63, 3.8) is 0 Å². The number of carbonyl (C=O) groups is 1. The number of aliphatic hydroxyl groups is 1. The fraction of sp³-hybridized carbons (Fsp3) is 0.933. The van der Waals surface area contributed by atoms with E-state index >= 15 is 0 Å². The lowest BCUT2D eigenvalue weighted by Crippen LogP contribution is -2.45. The van der Waals surface area contributed by atoms with Crippen LogP contribution in [0.25, 0.3) is 0 Å². The van der Waals surface area contributed by atoms with Crippen molar-refractivity contribution in [3.8, 4) is 0 Å². The van der Waals surface area contributed by atoms with Gasteiger partial charge >= 0.3 is 0 Å². The number of carbonyl (C=O) groups excluding carboxylic acids is 1. The first-order valence-corrected chi connectivity index (χ1v) is 8.13. The quantitative estimate of drug-likeness (QED) is 0.710. The zero-order valence-electron chi connectivity index (χ0n) is 12.7. The second-order valence-electron chi connectivity index (χ2n) is 6.65. The van der Waals surface area contributed by atoms with Gasteiger partial charge < -0.3 is 20.1 Å². The highest BCUT2D eigenvalue weighted by Crippen LogP contribution is 2.43. The lowest BCUT2D eigenvalue weighted by molar-refractivity contribution is -0.132. The van der Waals surface area contributed by atoms with E-state index in [-0.39, 0.29) is 23.8 Å². The van der Waals surface area contributed by atoms with Gasteiger partial charge in [-0.1, -0.05) is 0 Å². The molecule has 6 heteroatoms. The highest BCUT2D eigenvalue weighted by Gasteiger charge is 2.47. The summed E-state index contributed by atoms with van der Waals surface area (Å²) in [6.07, 6.45) is 2.14. The average molecular weight is 297 g/mol. The molecule has 1 unspecified atom stereocenters. The number of likely N-dealkylation sites (tertiary alicyclic amines) is 1. The van der Waals surface area contributed by atoms with E-state index in [0.717, 1.165) is 65.3 Å². The zero-order valence-corrected chi connectivity index (χ0v) is 12.7. The van der Waals surface area contributed by atoms with Gasteiger partial charge in [0.15, 0.2) is 0 Å². The SMILES string of the molecule is O=C(CN1CCOCC1)N1CC(CO)C2(CCNCC2)C1. The van der Waals surface area contributed by atoms with Crippen molar-refractivity contribution in [1.29, 1.82) is 0 Å². The van der Waals surface area contributed by atoms with Crippen molar-refractivity contribution in [1.82, 2.24) is 15.1 Å². The van der Waals surface area contributed by atoms with Crippen LogP contribution in [0, 0.1) is 11.3 Å². The van der Waals surface area contributed by atoms with Gasteiger partial charge in [0.05, 0.1) is 19.8 Å². The first kappa shape index (κ1) is 15.2. The topological polar surface area (TPSA) is 65.0 Å². The van der Waals surface area contributed by atoms with Gasteiger partial charge in [-0.3, -0.25) is 9.69 Å². The minimum atomic E-state index is 0.140. The molecule has 3 saturated heterocycles. The lowest BCUT2D eigenvalue weighted by Gasteiger charge is -2.37.